The molecule has 100 valence electrons. The second-order valence-corrected chi connectivity index (χ2v) is 4.68. The van der Waals surface area contributed by atoms with Gasteiger partial charge in [0.2, 0.25) is 0 Å². The van der Waals surface area contributed by atoms with Gasteiger partial charge in [0.1, 0.15) is 12.4 Å². The van der Waals surface area contributed by atoms with Crippen molar-refractivity contribution >= 4 is 0 Å². The predicted molar refractivity (Wildman–Crippen MR) is 68.4 cm³/mol. The maximum atomic E-state index is 2.43. The molecule has 0 saturated carbocycles. The lowest BCUT2D eigenvalue weighted by atomic mass is 10.1. The Morgan fingerprint density at radius 3 is 2.41 bits per heavy atom. The van der Waals surface area contributed by atoms with E-state index in [9.17, 15) is 0 Å². The molecule has 0 amide bonds. The first-order valence-corrected chi connectivity index (χ1v) is 6.83. The van der Waals surface area contributed by atoms with Crippen molar-refractivity contribution in [3.05, 3.63) is 18.2 Å². The summed E-state index contributed by atoms with van der Waals surface area (Å²) in [6, 6.07) is 0. The first-order valence-electron chi connectivity index (χ1n) is 6.83. The van der Waals surface area contributed by atoms with Gasteiger partial charge in [0.05, 0.1) is 13.6 Å². The van der Waals surface area contributed by atoms with E-state index in [4.69, 9.17) is 0 Å². The summed E-state index contributed by atoms with van der Waals surface area (Å²) in [5.74, 6) is 1.49. The van der Waals surface area contributed by atoms with Crippen LogP contribution in [0.1, 0.15) is 58.2 Å². The molecule has 1 aromatic rings. The highest BCUT2D eigenvalue weighted by Gasteiger charge is 2.12. The third kappa shape index (κ3) is 5.58. The van der Waals surface area contributed by atoms with E-state index in [1.807, 2.05) is 0 Å². The average molecular weight is 259 g/mol. The van der Waals surface area contributed by atoms with E-state index in [0.717, 1.165) is 0 Å². The van der Waals surface area contributed by atoms with E-state index in [2.05, 4.69) is 42.4 Å². The highest BCUT2D eigenvalue weighted by molar-refractivity contribution is 4.83. The van der Waals surface area contributed by atoms with Crippen LogP contribution >= 0.6 is 0 Å². The molecule has 0 atom stereocenters. The lowest BCUT2D eigenvalue weighted by Crippen LogP contribution is -3.00. The van der Waals surface area contributed by atoms with E-state index < -0.39 is 0 Å². The Kier molecular flexibility index (Phi) is 9.24. The Labute approximate surface area is 112 Å². The van der Waals surface area contributed by atoms with Crippen molar-refractivity contribution in [2.24, 2.45) is 7.05 Å². The van der Waals surface area contributed by atoms with Crippen LogP contribution in [0.4, 0.5) is 0 Å². The number of hydrogen-bond acceptors (Lipinski definition) is 0. The monoisotopic (exact) mass is 258 g/mol. The number of nitrogens with zero attached hydrogens (tertiary/aromatic N) is 2. The fourth-order valence-corrected chi connectivity index (χ4v) is 2.12. The topological polar surface area (TPSA) is 8.81 Å². The number of halogens is 1. The van der Waals surface area contributed by atoms with Crippen LogP contribution in [0.2, 0.25) is 0 Å². The molecule has 0 aromatic carbocycles. The smallest absolute Gasteiger partial charge is 0.256 e. The fourth-order valence-electron chi connectivity index (χ4n) is 2.12. The third-order valence-corrected chi connectivity index (χ3v) is 3.22. The predicted octanol–water partition coefficient (Wildman–Crippen LogP) is 0.240. The van der Waals surface area contributed by atoms with Gasteiger partial charge in [-0.15, -0.1) is 0 Å². The largest absolute Gasteiger partial charge is 1.00 e. The van der Waals surface area contributed by atoms with Crippen molar-refractivity contribution in [1.29, 1.82) is 0 Å². The van der Waals surface area contributed by atoms with E-state index in [-0.39, 0.29) is 12.4 Å². The minimum atomic E-state index is 0. The van der Waals surface area contributed by atoms with Crippen LogP contribution in [0, 0.1) is 0 Å². The van der Waals surface area contributed by atoms with Gasteiger partial charge in [-0.1, -0.05) is 39.5 Å². The highest BCUT2D eigenvalue weighted by Crippen LogP contribution is 2.06. The maximum absolute atomic E-state index is 2.43. The fraction of sp³-hybridized carbons (Fsp3) is 0.786. The number of imidazole rings is 1. The second kappa shape index (κ2) is 9.52. The Balaban J connectivity index is 0.00000256. The molecule has 0 N–H and O–H groups in total. The molecule has 0 fully saturated rings. The van der Waals surface area contributed by atoms with Crippen LogP contribution in [-0.4, -0.2) is 4.57 Å². The minimum absolute atomic E-state index is 0. The SMILES string of the molecule is CCCCCCc1n(CCCC)cc[n+]1C.[Cl-]. The summed E-state index contributed by atoms with van der Waals surface area (Å²) in [5, 5.41) is 0. The van der Waals surface area contributed by atoms with Gasteiger partial charge in [-0.2, -0.15) is 0 Å². The zero-order chi connectivity index (χ0) is 11.8. The van der Waals surface area contributed by atoms with E-state index >= 15 is 0 Å². The number of rotatable bonds is 8. The first kappa shape index (κ1) is 16.5. The lowest BCUT2D eigenvalue weighted by molar-refractivity contribution is -0.678. The highest BCUT2D eigenvalue weighted by atomic mass is 35.5. The molecule has 0 aliphatic rings. The minimum Gasteiger partial charge on any atom is -1.00 e. The van der Waals surface area contributed by atoms with Crippen LogP contribution < -0.4 is 17.0 Å². The van der Waals surface area contributed by atoms with Crippen LogP contribution in [0.3, 0.4) is 0 Å². The molecule has 1 aromatic heterocycles. The van der Waals surface area contributed by atoms with Crippen LogP contribution in [-0.2, 0) is 20.0 Å². The molecule has 0 bridgehead atoms. The number of aromatic nitrogens is 2. The molecule has 17 heavy (non-hydrogen) atoms. The molecule has 2 nitrogen and oxygen atoms in total. The summed E-state index contributed by atoms with van der Waals surface area (Å²) in [6.45, 7) is 5.70. The second-order valence-electron chi connectivity index (χ2n) is 4.68. The summed E-state index contributed by atoms with van der Waals surface area (Å²) in [4.78, 5) is 0. The van der Waals surface area contributed by atoms with Gasteiger partial charge < -0.3 is 12.4 Å². The van der Waals surface area contributed by atoms with Gasteiger partial charge >= 0.3 is 0 Å². The van der Waals surface area contributed by atoms with Crippen molar-refractivity contribution < 1.29 is 17.0 Å². The maximum Gasteiger partial charge on any atom is 0.256 e. The molecule has 1 heterocycles. The molecule has 0 aliphatic heterocycles. The zero-order valence-electron chi connectivity index (χ0n) is 11.6. The van der Waals surface area contributed by atoms with Gasteiger partial charge in [0.15, 0.2) is 0 Å². The summed E-state index contributed by atoms with van der Waals surface area (Å²) >= 11 is 0. The number of unbranched alkanes of at least 4 members (excludes halogenated alkanes) is 4. The van der Waals surface area contributed by atoms with Crippen molar-refractivity contribution in [2.45, 2.75) is 65.3 Å². The molecular weight excluding hydrogens is 232 g/mol. The lowest BCUT2D eigenvalue weighted by Gasteiger charge is -2.02. The normalized spacial score (nSPS) is 10.3. The Morgan fingerprint density at radius 1 is 1.06 bits per heavy atom. The quantitative estimate of drug-likeness (QED) is 0.467. The number of aryl methyl sites for hydroxylation is 2. The third-order valence-electron chi connectivity index (χ3n) is 3.22. The van der Waals surface area contributed by atoms with Gasteiger partial charge in [0, 0.05) is 6.42 Å². The van der Waals surface area contributed by atoms with Crippen LogP contribution in [0.25, 0.3) is 0 Å². The van der Waals surface area contributed by atoms with Crippen molar-refractivity contribution in [2.75, 3.05) is 0 Å². The first-order chi connectivity index (χ1) is 7.79. The van der Waals surface area contributed by atoms with Gasteiger partial charge in [-0.05, 0) is 12.8 Å². The zero-order valence-corrected chi connectivity index (χ0v) is 12.3. The summed E-state index contributed by atoms with van der Waals surface area (Å²) < 4.78 is 4.71. The van der Waals surface area contributed by atoms with Crippen molar-refractivity contribution in [3.8, 4) is 0 Å². The Morgan fingerprint density at radius 2 is 1.76 bits per heavy atom. The molecule has 0 unspecified atom stereocenters. The number of hydrogen-bond donors (Lipinski definition) is 0. The van der Waals surface area contributed by atoms with Gasteiger partial charge in [0.25, 0.3) is 5.82 Å². The van der Waals surface area contributed by atoms with Gasteiger partial charge in [-0.3, -0.25) is 0 Å². The molecule has 0 aliphatic carbocycles. The standard InChI is InChI=1S/C14H27N2.ClH/c1-4-6-8-9-10-14-15(3)12-13-16(14)11-7-5-2;/h12-13H,4-11H2,1-3H3;1H/q+1;/p-1. The summed E-state index contributed by atoms with van der Waals surface area (Å²) in [5.41, 5.74) is 0. The van der Waals surface area contributed by atoms with Crippen molar-refractivity contribution in [3.63, 3.8) is 0 Å². The molecule has 0 spiro atoms. The molecule has 1 rings (SSSR count). The van der Waals surface area contributed by atoms with E-state index in [1.165, 1.54) is 57.3 Å². The van der Waals surface area contributed by atoms with Crippen LogP contribution in [0.15, 0.2) is 12.4 Å². The molecule has 0 radical (unpaired) electrons. The Bertz CT molecular complexity index is 294. The summed E-state index contributed by atoms with van der Waals surface area (Å²) in [6.07, 6.45) is 13.6. The van der Waals surface area contributed by atoms with E-state index in [0.29, 0.717) is 0 Å². The molecular formula is C14H27ClN2. The van der Waals surface area contributed by atoms with E-state index in [1.54, 1.807) is 0 Å². The molecule has 3 heteroatoms. The van der Waals surface area contributed by atoms with Gasteiger partial charge in [-0.25, -0.2) is 9.13 Å². The van der Waals surface area contributed by atoms with Crippen molar-refractivity contribution in [1.82, 2.24) is 4.57 Å². The molecule has 0 saturated heterocycles. The Hall–Kier alpha value is -0.500. The van der Waals surface area contributed by atoms with Crippen LogP contribution in [0.5, 0.6) is 0 Å². The average Bonchev–Trinajstić information content (AvgIpc) is 2.63. The summed E-state index contributed by atoms with van der Waals surface area (Å²) in [7, 11) is 2.16.